The minimum atomic E-state index is -3.70. The molecule has 2 aromatic rings. The molecule has 5 N–H and O–H groups in total. The summed E-state index contributed by atoms with van der Waals surface area (Å²) in [5.41, 5.74) is 6.95. The summed E-state index contributed by atoms with van der Waals surface area (Å²) in [5, 5.41) is 7.91. The molecule has 0 aliphatic carbocycles. The smallest absolute Gasteiger partial charge is 0.238 e. The van der Waals surface area contributed by atoms with Crippen LogP contribution in [0, 0.1) is 0 Å². The van der Waals surface area contributed by atoms with Crippen molar-refractivity contribution in [2.24, 2.45) is 5.14 Å². The zero-order valence-corrected chi connectivity index (χ0v) is 16.2. The summed E-state index contributed by atoms with van der Waals surface area (Å²) >= 11 is 5.07. The van der Waals surface area contributed by atoms with Gasteiger partial charge in [-0.25, -0.2) is 24.4 Å². The van der Waals surface area contributed by atoms with Gasteiger partial charge in [-0.15, -0.1) is 11.3 Å². The third kappa shape index (κ3) is 4.66. The summed E-state index contributed by atoms with van der Waals surface area (Å²) in [6.07, 6.45) is 0.656. The topological polar surface area (TPSA) is 113 Å². The van der Waals surface area contributed by atoms with Crippen LogP contribution in [0.5, 0.6) is 0 Å². The van der Waals surface area contributed by atoms with E-state index in [1.54, 1.807) is 23.5 Å². The highest BCUT2D eigenvalue weighted by Gasteiger charge is 2.30. The number of nitrogens with one attached hydrogen (secondary N) is 3. The molecule has 1 saturated heterocycles. The number of hydrogen-bond donors (Lipinski definition) is 4. The van der Waals surface area contributed by atoms with Crippen molar-refractivity contribution in [2.75, 3.05) is 0 Å². The van der Waals surface area contributed by atoms with Gasteiger partial charge in [0.25, 0.3) is 0 Å². The highest BCUT2D eigenvalue weighted by Crippen LogP contribution is 2.31. The predicted molar refractivity (Wildman–Crippen MR) is 99.1 cm³/mol. The van der Waals surface area contributed by atoms with Crippen LogP contribution >= 0.6 is 27.3 Å². The van der Waals surface area contributed by atoms with Crippen molar-refractivity contribution in [3.05, 3.63) is 50.6 Å². The molecule has 0 spiro atoms. The lowest BCUT2D eigenvalue weighted by Crippen LogP contribution is -2.42. The predicted octanol–water partition coefficient (Wildman–Crippen LogP) is 1.38. The SMILES string of the molecule is NS(=O)(=O)c1ccc(CNC(=O)C2CC(c3ccc(Br)s3)NN2)cc1. The first-order valence-electron chi connectivity index (χ1n) is 7.48. The van der Waals surface area contributed by atoms with Crippen molar-refractivity contribution in [2.45, 2.75) is 29.9 Å². The summed E-state index contributed by atoms with van der Waals surface area (Å²) in [6.45, 7) is 0.317. The molecule has 10 heteroatoms. The fraction of sp³-hybridized carbons (Fsp3) is 0.267. The number of carbonyl (C=O) groups is 1. The lowest BCUT2D eigenvalue weighted by molar-refractivity contribution is -0.123. The largest absolute Gasteiger partial charge is 0.351 e. The van der Waals surface area contributed by atoms with E-state index in [1.807, 2.05) is 12.1 Å². The monoisotopic (exact) mass is 444 g/mol. The molecule has 1 aliphatic heterocycles. The highest BCUT2D eigenvalue weighted by molar-refractivity contribution is 9.11. The van der Waals surface area contributed by atoms with Gasteiger partial charge >= 0.3 is 0 Å². The Labute approximate surface area is 158 Å². The fourth-order valence-electron chi connectivity index (χ4n) is 2.54. The molecule has 25 heavy (non-hydrogen) atoms. The van der Waals surface area contributed by atoms with E-state index >= 15 is 0 Å². The summed E-state index contributed by atoms with van der Waals surface area (Å²) in [4.78, 5) is 13.5. The van der Waals surface area contributed by atoms with E-state index in [0.717, 1.165) is 14.2 Å². The first-order valence-corrected chi connectivity index (χ1v) is 10.6. The maximum Gasteiger partial charge on any atom is 0.238 e. The molecule has 2 atom stereocenters. The number of hydrogen-bond acceptors (Lipinski definition) is 6. The van der Waals surface area contributed by atoms with Gasteiger partial charge in [0, 0.05) is 11.4 Å². The fourth-order valence-corrected chi connectivity index (χ4v) is 4.54. The Morgan fingerprint density at radius 1 is 1.24 bits per heavy atom. The van der Waals surface area contributed by atoms with E-state index in [4.69, 9.17) is 5.14 Å². The van der Waals surface area contributed by atoms with Crippen molar-refractivity contribution < 1.29 is 13.2 Å². The van der Waals surface area contributed by atoms with E-state index in [0.29, 0.717) is 13.0 Å². The van der Waals surface area contributed by atoms with Crippen LogP contribution in [0.4, 0.5) is 0 Å². The van der Waals surface area contributed by atoms with E-state index in [1.165, 1.54) is 12.1 Å². The summed E-state index contributed by atoms with van der Waals surface area (Å²) in [7, 11) is -3.70. The first kappa shape index (κ1) is 18.5. The van der Waals surface area contributed by atoms with Crippen molar-refractivity contribution >= 4 is 43.2 Å². The highest BCUT2D eigenvalue weighted by atomic mass is 79.9. The summed E-state index contributed by atoms with van der Waals surface area (Å²) in [6, 6.07) is 9.91. The van der Waals surface area contributed by atoms with E-state index < -0.39 is 10.0 Å². The average molecular weight is 445 g/mol. The minimum absolute atomic E-state index is 0.0502. The van der Waals surface area contributed by atoms with Crippen LogP contribution in [0.1, 0.15) is 22.9 Å². The molecule has 134 valence electrons. The molecule has 1 aliphatic rings. The maximum atomic E-state index is 12.3. The van der Waals surface area contributed by atoms with Crippen LogP contribution in [0.3, 0.4) is 0 Å². The minimum Gasteiger partial charge on any atom is -0.351 e. The van der Waals surface area contributed by atoms with Crippen LogP contribution in [-0.4, -0.2) is 20.4 Å². The number of halogens is 1. The zero-order valence-electron chi connectivity index (χ0n) is 13.0. The first-order chi connectivity index (χ1) is 11.8. The second kappa shape index (κ2) is 7.52. The van der Waals surface area contributed by atoms with Gasteiger partial charge in [0.1, 0.15) is 6.04 Å². The van der Waals surface area contributed by atoms with Gasteiger partial charge in [-0.1, -0.05) is 12.1 Å². The Morgan fingerprint density at radius 2 is 1.96 bits per heavy atom. The standard InChI is InChI=1S/C15H17BrN4O3S2/c16-14-6-5-13(24-14)11-7-12(20-19-11)15(21)18-8-9-1-3-10(4-2-9)25(17,22)23/h1-6,11-12,19-20H,7-8H2,(H,18,21)(H2,17,22,23). The van der Waals surface area contributed by atoms with Crippen molar-refractivity contribution in [1.82, 2.24) is 16.2 Å². The maximum absolute atomic E-state index is 12.3. The molecule has 0 saturated carbocycles. The van der Waals surface area contributed by atoms with Gasteiger partial charge in [0.15, 0.2) is 0 Å². The van der Waals surface area contributed by atoms with Gasteiger partial charge in [-0.2, -0.15) is 0 Å². The van der Waals surface area contributed by atoms with Crippen LogP contribution in [0.2, 0.25) is 0 Å². The lowest BCUT2D eigenvalue weighted by atomic mass is 10.1. The number of hydrazine groups is 1. The number of primary sulfonamides is 1. The van der Waals surface area contributed by atoms with E-state index in [9.17, 15) is 13.2 Å². The number of sulfonamides is 1. The third-order valence-electron chi connectivity index (χ3n) is 3.88. The van der Waals surface area contributed by atoms with Gasteiger partial charge < -0.3 is 5.32 Å². The van der Waals surface area contributed by atoms with Crippen LogP contribution in [0.15, 0.2) is 45.1 Å². The van der Waals surface area contributed by atoms with Gasteiger partial charge in [-0.3, -0.25) is 4.79 Å². The number of benzene rings is 1. The normalized spacial score (nSPS) is 20.6. The molecule has 7 nitrogen and oxygen atoms in total. The number of thiophene rings is 1. The van der Waals surface area contributed by atoms with Gasteiger partial charge in [0.05, 0.1) is 14.7 Å². The Bertz CT molecular complexity index is 867. The van der Waals surface area contributed by atoms with Gasteiger partial charge in [0.2, 0.25) is 15.9 Å². The molecule has 2 unspecified atom stereocenters. The second-order valence-corrected chi connectivity index (χ2v) is 9.73. The van der Waals surface area contributed by atoms with Crippen LogP contribution in [0.25, 0.3) is 0 Å². The summed E-state index contributed by atoms with van der Waals surface area (Å²) < 4.78 is 23.5. The van der Waals surface area contributed by atoms with Crippen LogP contribution in [-0.2, 0) is 21.4 Å². The summed E-state index contributed by atoms with van der Waals surface area (Å²) in [5.74, 6) is -0.110. The number of carbonyl (C=O) groups excluding carboxylic acids is 1. The third-order valence-corrected chi connectivity index (χ3v) is 6.54. The van der Waals surface area contributed by atoms with Gasteiger partial charge in [-0.05, 0) is 52.2 Å². The molecule has 2 heterocycles. The molecule has 0 radical (unpaired) electrons. The number of amides is 1. The Kier molecular flexibility index (Phi) is 5.56. The Hall–Kier alpha value is -1.30. The van der Waals surface area contributed by atoms with Crippen molar-refractivity contribution in [1.29, 1.82) is 0 Å². The molecular weight excluding hydrogens is 428 g/mol. The number of nitrogens with two attached hydrogens (primary N) is 1. The Balaban J connectivity index is 1.53. The van der Waals surface area contributed by atoms with Crippen molar-refractivity contribution in [3.8, 4) is 0 Å². The molecule has 1 aromatic carbocycles. The second-order valence-electron chi connectivity index (χ2n) is 5.68. The molecule has 3 rings (SSSR count). The van der Waals surface area contributed by atoms with E-state index in [2.05, 4.69) is 32.1 Å². The average Bonchev–Trinajstić information content (AvgIpc) is 3.21. The van der Waals surface area contributed by atoms with Crippen LogP contribution < -0.4 is 21.3 Å². The van der Waals surface area contributed by atoms with Crippen molar-refractivity contribution in [3.63, 3.8) is 0 Å². The molecule has 0 bridgehead atoms. The molecular formula is C15H17BrN4O3S2. The number of rotatable bonds is 5. The molecule has 1 fully saturated rings. The molecule has 1 aromatic heterocycles. The Morgan fingerprint density at radius 3 is 2.56 bits per heavy atom. The zero-order chi connectivity index (χ0) is 18.0. The van der Waals surface area contributed by atoms with E-state index in [-0.39, 0.29) is 22.9 Å². The molecule has 1 amide bonds. The quantitative estimate of drug-likeness (QED) is 0.556. The lowest BCUT2D eigenvalue weighted by Gasteiger charge is -2.10.